The molecule has 0 radical (unpaired) electrons. The standard InChI is InChI=1S/C11H13N3O2/c1-13(2)7-6-9-4-3-5-11(14(15)16)10(9)8-12/h3-5H,6-7H2,1-2H3. The van der Waals surface area contributed by atoms with Crippen LogP contribution in [0.1, 0.15) is 11.1 Å². The minimum Gasteiger partial charge on any atom is -0.309 e. The maximum Gasteiger partial charge on any atom is 0.287 e. The first-order valence-electron chi connectivity index (χ1n) is 4.87. The van der Waals surface area contributed by atoms with E-state index in [2.05, 4.69) is 0 Å². The Hall–Kier alpha value is -1.93. The lowest BCUT2D eigenvalue weighted by Gasteiger charge is -2.09. The number of benzene rings is 1. The molecule has 84 valence electrons. The van der Waals surface area contributed by atoms with Crippen LogP contribution in [0, 0.1) is 21.4 Å². The van der Waals surface area contributed by atoms with Crippen molar-refractivity contribution in [3.8, 4) is 6.07 Å². The third kappa shape index (κ3) is 2.78. The molecule has 0 fully saturated rings. The average Bonchev–Trinajstić information content (AvgIpc) is 2.25. The number of nitro groups is 1. The van der Waals surface area contributed by atoms with Gasteiger partial charge in [-0.05, 0) is 26.1 Å². The highest BCUT2D eigenvalue weighted by molar-refractivity contribution is 5.53. The Morgan fingerprint density at radius 1 is 1.50 bits per heavy atom. The van der Waals surface area contributed by atoms with Crippen LogP contribution in [0.4, 0.5) is 5.69 Å². The van der Waals surface area contributed by atoms with Gasteiger partial charge in [-0.2, -0.15) is 5.26 Å². The summed E-state index contributed by atoms with van der Waals surface area (Å²) in [5.41, 5.74) is 0.790. The molecule has 0 atom stereocenters. The van der Waals surface area contributed by atoms with Gasteiger partial charge in [0.2, 0.25) is 0 Å². The van der Waals surface area contributed by atoms with E-state index in [-0.39, 0.29) is 11.3 Å². The monoisotopic (exact) mass is 219 g/mol. The van der Waals surface area contributed by atoms with Gasteiger partial charge in [-0.3, -0.25) is 10.1 Å². The van der Waals surface area contributed by atoms with Crippen molar-refractivity contribution in [2.75, 3.05) is 20.6 Å². The molecular weight excluding hydrogens is 206 g/mol. The second-order valence-electron chi connectivity index (χ2n) is 3.73. The number of nitriles is 1. The van der Waals surface area contributed by atoms with Gasteiger partial charge in [0.15, 0.2) is 0 Å². The summed E-state index contributed by atoms with van der Waals surface area (Å²) >= 11 is 0. The van der Waals surface area contributed by atoms with Crippen LogP contribution in [-0.2, 0) is 6.42 Å². The number of rotatable bonds is 4. The molecule has 0 aliphatic rings. The predicted octanol–water partition coefficient (Wildman–Crippen LogP) is 1.57. The van der Waals surface area contributed by atoms with Crippen LogP contribution in [0.5, 0.6) is 0 Å². The van der Waals surface area contributed by atoms with Crippen molar-refractivity contribution in [1.82, 2.24) is 4.90 Å². The van der Waals surface area contributed by atoms with Crippen molar-refractivity contribution >= 4 is 5.69 Å². The first-order valence-corrected chi connectivity index (χ1v) is 4.87. The van der Waals surface area contributed by atoms with Gasteiger partial charge in [0, 0.05) is 12.6 Å². The molecule has 1 aromatic rings. The Labute approximate surface area is 94.1 Å². The van der Waals surface area contributed by atoms with E-state index in [0.717, 1.165) is 12.1 Å². The number of hydrogen-bond acceptors (Lipinski definition) is 4. The normalized spacial score (nSPS) is 10.1. The van der Waals surface area contributed by atoms with Crippen LogP contribution in [0.25, 0.3) is 0 Å². The second-order valence-corrected chi connectivity index (χ2v) is 3.73. The fourth-order valence-electron chi connectivity index (χ4n) is 1.42. The van der Waals surface area contributed by atoms with Crippen molar-refractivity contribution in [3.63, 3.8) is 0 Å². The topological polar surface area (TPSA) is 70.2 Å². The summed E-state index contributed by atoms with van der Waals surface area (Å²) in [4.78, 5) is 12.2. The van der Waals surface area contributed by atoms with E-state index in [1.807, 2.05) is 25.1 Å². The summed E-state index contributed by atoms with van der Waals surface area (Å²) in [6, 6.07) is 6.64. The minimum absolute atomic E-state index is 0.112. The molecule has 0 unspecified atom stereocenters. The van der Waals surface area contributed by atoms with E-state index in [9.17, 15) is 10.1 Å². The lowest BCUT2D eigenvalue weighted by Crippen LogP contribution is -2.15. The number of likely N-dealkylation sites (N-methyl/N-ethyl adjacent to an activating group) is 1. The van der Waals surface area contributed by atoms with E-state index in [4.69, 9.17) is 5.26 Å². The van der Waals surface area contributed by atoms with E-state index in [1.54, 1.807) is 12.1 Å². The molecule has 5 nitrogen and oxygen atoms in total. The van der Waals surface area contributed by atoms with Crippen LogP contribution in [0.3, 0.4) is 0 Å². The molecule has 0 spiro atoms. The Bertz CT molecular complexity index is 435. The fraction of sp³-hybridized carbons (Fsp3) is 0.364. The van der Waals surface area contributed by atoms with Gasteiger partial charge < -0.3 is 4.90 Å². The highest BCUT2D eigenvalue weighted by atomic mass is 16.6. The average molecular weight is 219 g/mol. The molecule has 0 aliphatic carbocycles. The maximum absolute atomic E-state index is 10.7. The van der Waals surface area contributed by atoms with Gasteiger partial charge >= 0.3 is 0 Å². The van der Waals surface area contributed by atoms with Crippen molar-refractivity contribution in [2.24, 2.45) is 0 Å². The summed E-state index contributed by atoms with van der Waals surface area (Å²) in [7, 11) is 3.84. The molecule has 0 saturated heterocycles. The van der Waals surface area contributed by atoms with Crippen LogP contribution >= 0.6 is 0 Å². The van der Waals surface area contributed by atoms with Gasteiger partial charge in [-0.25, -0.2) is 0 Å². The van der Waals surface area contributed by atoms with Crippen molar-refractivity contribution in [1.29, 1.82) is 5.26 Å². The third-order valence-electron chi connectivity index (χ3n) is 2.27. The van der Waals surface area contributed by atoms with Gasteiger partial charge in [0.1, 0.15) is 11.6 Å². The van der Waals surface area contributed by atoms with Crippen LogP contribution in [0.2, 0.25) is 0 Å². The summed E-state index contributed by atoms with van der Waals surface area (Å²) in [5.74, 6) is 0. The SMILES string of the molecule is CN(C)CCc1cccc([N+](=O)[O-])c1C#N. The highest BCUT2D eigenvalue weighted by Gasteiger charge is 2.16. The lowest BCUT2D eigenvalue weighted by molar-refractivity contribution is -0.385. The molecule has 0 amide bonds. The Morgan fingerprint density at radius 3 is 2.69 bits per heavy atom. The Balaban J connectivity index is 3.06. The van der Waals surface area contributed by atoms with E-state index < -0.39 is 4.92 Å². The predicted molar refractivity (Wildman–Crippen MR) is 60.1 cm³/mol. The van der Waals surface area contributed by atoms with Crippen molar-refractivity contribution < 1.29 is 4.92 Å². The quantitative estimate of drug-likeness (QED) is 0.569. The van der Waals surface area contributed by atoms with Crippen molar-refractivity contribution in [3.05, 3.63) is 39.4 Å². The molecule has 0 aliphatic heterocycles. The summed E-state index contributed by atoms with van der Waals surface area (Å²) < 4.78 is 0. The fourth-order valence-corrected chi connectivity index (χ4v) is 1.42. The third-order valence-corrected chi connectivity index (χ3v) is 2.27. The van der Waals surface area contributed by atoms with Gasteiger partial charge in [0.05, 0.1) is 4.92 Å². The smallest absolute Gasteiger partial charge is 0.287 e. The summed E-state index contributed by atoms with van der Waals surface area (Å²) in [6.07, 6.45) is 0.636. The molecule has 0 bridgehead atoms. The molecule has 16 heavy (non-hydrogen) atoms. The van der Waals surface area contributed by atoms with E-state index in [1.165, 1.54) is 6.07 Å². The second kappa shape index (κ2) is 5.24. The number of nitro benzene ring substituents is 1. The summed E-state index contributed by atoms with van der Waals surface area (Å²) in [5, 5.41) is 19.7. The number of nitrogens with zero attached hydrogens (tertiary/aromatic N) is 3. The first kappa shape index (κ1) is 12.1. The number of hydrogen-bond donors (Lipinski definition) is 0. The minimum atomic E-state index is -0.516. The van der Waals surface area contributed by atoms with Crippen LogP contribution < -0.4 is 0 Å². The molecule has 0 heterocycles. The molecule has 0 aromatic heterocycles. The van der Waals surface area contributed by atoms with E-state index >= 15 is 0 Å². The van der Waals surface area contributed by atoms with Crippen molar-refractivity contribution in [2.45, 2.75) is 6.42 Å². The summed E-state index contributed by atoms with van der Waals surface area (Å²) in [6.45, 7) is 0.760. The van der Waals surface area contributed by atoms with Gasteiger partial charge in [0.25, 0.3) is 5.69 Å². The molecule has 0 saturated carbocycles. The highest BCUT2D eigenvalue weighted by Crippen LogP contribution is 2.21. The molecular formula is C11H13N3O2. The van der Waals surface area contributed by atoms with E-state index in [0.29, 0.717) is 6.42 Å². The zero-order valence-electron chi connectivity index (χ0n) is 9.30. The molecule has 5 heteroatoms. The van der Waals surface area contributed by atoms with Crippen LogP contribution in [-0.4, -0.2) is 30.5 Å². The van der Waals surface area contributed by atoms with Gasteiger partial charge in [-0.1, -0.05) is 12.1 Å². The molecule has 0 N–H and O–H groups in total. The molecule has 1 rings (SSSR count). The lowest BCUT2D eigenvalue weighted by atomic mass is 10.0. The largest absolute Gasteiger partial charge is 0.309 e. The Kier molecular flexibility index (Phi) is 3.97. The zero-order chi connectivity index (χ0) is 12.1. The molecule has 1 aromatic carbocycles. The maximum atomic E-state index is 10.7. The van der Waals surface area contributed by atoms with Crippen LogP contribution in [0.15, 0.2) is 18.2 Å². The first-order chi connectivity index (χ1) is 7.56. The van der Waals surface area contributed by atoms with Gasteiger partial charge in [-0.15, -0.1) is 0 Å². The Morgan fingerprint density at radius 2 is 2.19 bits per heavy atom. The zero-order valence-corrected chi connectivity index (χ0v) is 9.30.